The summed E-state index contributed by atoms with van der Waals surface area (Å²) in [6, 6.07) is 10.1. The molecule has 0 bridgehead atoms. The number of piperidine rings is 1. The Morgan fingerprint density at radius 1 is 1.12 bits per heavy atom. The lowest BCUT2D eigenvalue weighted by Crippen LogP contribution is -2.45. The number of carbonyl (C=O) groups is 2. The molecule has 5 heteroatoms. The first kappa shape index (κ1) is 18.5. The van der Waals surface area contributed by atoms with E-state index in [2.05, 4.69) is 6.92 Å². The van der Waals surface area contributed by atoms with Gasteiger partial charge < -0.3 is 9.64 Å². The standard InChI is InChI=1S/C19H28N2O3/c1-3-17(16-10-6-4-7-11-16)21(15-19(23)24-2)14-18(22)20-12-8-5-9-13-20/h4,6-7,10-11,17H,3,5,8-9,12-15H2,1-2H3. The number of ether oxygens (including phenoxy) is 1. The Morgan fingerprint density at radius 2 is 1.79 bits per heavy atom. The van der Waals surface area contributed by atoms with E-state index in [1.54, 1.807) is 0 Å². The highest BCUT2D eigenvalue weighted by Crippen LogP contribution is 2.24. The van der Waals surface area contributed by atoms with Crippen LogP contribution in [0.4, 0.5) is 0 Å². The number of carbonyl (C=O) groups excluding carboxylic acids is 2. The first-order valence-corrected chi connectivity index (χ1v) is 8.79. The molecule has 1 unspecified atom stereocenters. The summed E-state index contributed by atoms with van der Waals surface area (Å²) in [5.74, 6) is -0.205. The predicted octanol–water partition coefficient (Wildman–Crippen LogP) is 2.63. The molecule has 2 rings (SSSR count). The number of amides is 1. The number of nitrogens with zero attached hydrogens (tertiary/aromatic N) is 2. The quantitative estimate of drug-likeness (QED) is 0.720. The van der Waals surface area contributed by atoms with E-state index in [1.165, 1.54) is 13.5 Å². The fourth-order valence-corrected chi connectivity index (χ4v) is 3.30. The van der Waals surface area contributed by atoms with Crippen molar-refractivity contribution in [1.29, 1.82) is 0 Å². The topological polar surface area (TPSA) is 49.9 Å². The molecule has 1 aliphatic rings. The van der Waals surface area contributed by atoms with Gasteiger partial charge in [0, 0.05) is 19.1 Å². The zero-order chi connectivity index (χ0) is 17.4. The van der Waals surface area contributed by atoms with Gasteiger partial charge in [0.1, 0.15) is 0 Å². The number of rotatable bonds is 7. The molecule has 5 nitrogen and oxygen atoms in total. The molecule has 0 saturated carbocycles. The normalized spacial score (nSPS) is 16.0. The minimum atomic E-state index is -0.309. The molecule has 0 radical (unpaired) electrons. The molecule has 1 aromatic rings. The van der Waals surface area contributed by atoms with Gasteiger partial charge in [-0.3, -0.25) is 14.5 Å². The van der Waals surface area contributed by atoms with Crippen molar-refractivity contribution in [2.45, 2.75) is 38.6 Å². The summed E-state index contributed by atoms with van der Waals surface area (Å²) in [6.45, 7) is 4.11. The van der Waals surface area contributed by atoms with Gasteiger partial charge >= 0.3 is 5.97 Å². The average Bonchev–Trinajstić information content (AvgIpc) is 2.63. The highest BCUT2D eigenvalue weighted by molar-refractivity contribution is 5.79. The van der Waals surface area contributed by atoms with Gasteiger partial charge in [-0.05, 0) is 31.2 Å². The molecule has 1 aromatic carbocycles. The van der Waals surface area contributed by atoms with Gasteiger partial charge in [-0.1, -0.05) is 37.3 Å². The Labute approximate surface area is 144 Å². The minimum Gasteiger partial charge on any atom is -0.468 e. The molecule has 0 spiro atoms. The van der Waals surface area contributed by atoms with E-state index in [4.69, 9.17) is 4.74 Å². The van der Waals surface area contributed by atoms with Gasteiger partial charge in [0.05, 0.1) is 20.2 Å². The maximum atomic E-state index is 12.7. The Hall–Kier alpha value is -1.88. The maximum Gasteiger partial charge on any atom is 0.319 e. The van der Waals surface area contributed by atoms with Gasteiger partial charge in [0.15, 0.2) is 0 Å². The van der Waals surface area contributed by atoms with Gasteiger partial charge in [-0.15, -0.1) is 0 Å². The zero-order valence-corrected chi connectivity index (χ0v) is 14.7. The number of esters is 1. The largest absolute Gasteiger partial charge is 0.468 e. The van der Waals surface area contributed by atoms with Crippen LogP contribution in [-0.2, 0) is 14.3 Å². The van der Waals surface area contributed by atoms with Crippen LogP contribution in [0.2, 0.25) is 0 Å². The maximum absolute atomic E-state index is 12.7. The predicted molar refractivity (Wildman–Crippen MR) is 93.5 cm³/mol. The summed E-state index contributed by atoms with van der Waals surface area (Å²) >= 11 is 0. The number of hydrogen-bond donors (Lipinski definition) is 0. The second-order valence-electron chi connectivity index (χ2n) is 6.26. The third-order valence-electron chi connectivity index (χ3n) is 4.62. The highest BCUT2D eigenvalue weighted by Gasteiger charge is 2.26. The van der Waals surface area contributed by atoms with E-state index in [0.29, 0.717) is 0 Å². The minimum absolute atomic E-state index is 0.0269. The van der Waals surface area contributed by atoms with Crippen LogP contribution in [0.15, 0.2) is 30.3 Å². The van der Waals surface area contributed by atoms with E-state index in [-0.39, 0.29) is 31.0 Å². The van der Waals surface area contributed by atoms with Gasteiger partial charge in [0.25, 0.3) is 0 Å². The second kappa shape index (κ2) is 9.42. The second-order valence-corrected chi connectivity index (χ2v) is 6.26. The molecule has 0 N–H and O–H groups in total. The third kappa shape index (κ3) is 5.06. The Kier molecular flexibility index (Phi) is 7.25. The van der Waals surface area contributed by atoms with Crippen molar-refractivity contribution in [2.24, 2.45) is 0 Å². The molecule has 1 saturated heterocycles. The molecule has 0 aromatic heterocycles. The highest BCUT2D eigenvalue weighted by atomic mass is 16.5. The molecule has 24 heavy (non-hydrogen) atoms. The fourth-order valence-electron chi connectivity index (χ4n) is 3.30. The Bertz CT molecular complexity index is 527. The molecule has 1 heterocycles. The van der Waals surface area contributed by atoms with Gasteiger partial charge in [-0.2, -0.15) is 0 Å². The van der Waals surface area contributed by atoms with Crippen molar-refractivity contribution < 1.29 is 14.3 Å². The summed E-state index contributed by atoms with van der Waals surface area (Å²) in [5, 5.41) is 0. The first-order chi connectivity index (χ1) is 11.7. The SMILES string of the molecule is CCC(c1ccccc1)N(CC(=O)OC)CC(=O)N1CCCCC1. The van der Waals surface area contributed by atoms with Crippen molar-refractivity contribution in [3.63, 3.8) is 0 Å². The molecule has 1 amide bonds. The summed E-state index contributed by atoms with van der Waals surface area (Å²) in [4.78, 5) is 28.4. The Morgan fingerprint density at radius 3 is 2.38 bits per heavy atom. The third-order valence-corrected chi connectivity index (χ3v) is 4.62. The molecular formula is C19H28N2O3. The Balaban J connectivity index is 2.13. The van der Waals surface area contributed by atoms with Crippen LogP contribution in [0, 0.1) is 0 Å². The van der Waals surface area contributed by atoms with Crippen LogP contribution in [0.25, 0.3) is 0 Å². The number of hydrogen-bond acceptors (Lipinski definition) is 4. The monoisotopic (exact) mass is 332 g/mol. The van der Waals surface area contributed by atoms with E-state index >= 15 is 0 Å². The van der Waals surface area contributed by atoms with Crippen LogP contribution in [0.3, 0.4) is 0 Å². The number of likely N-dealkylation sites (tertiary alicyclic amines) is 1. The van der Waals surface area contributed by atoms with Crippen molar-refractivity contribution >= 4 is 11.9 Å². The number of benzene rings is 1. The summed E-state index contributed by atoms with van der Waals surface area (Å²) in [6.07, 6.45) is 4.16. The van der Waals surface area contributed by atoms with Crippen LogP contribution in [0.5, 0.6) is 0 Å². The van der Waals surface area contributed by atoms with Crippen molar-refractivity contribution in [3.05, 3.63) is 35.9 Å². The number of methoxy groups -OCH3 is 1. The van der Waals surface area contributed by atoms with Crippen molar-refractivity contribution in [1.82, 2.24) is 9.80 Å². The zero-order valence-electron chi connectivity index (χ0n) is 14.7. The molecule has 132 valence electrons. The molecule has 1 fully saturated rings. The van der Waals surface area contributed by atoms with Crippen LogP contribution < -0.4 is 0 Å². The van der Waals surface area contributed by atoms with Crippen molar-refractivity contribution in [2.75, 3.05) is 33.3 Å². The van der Waals surface area contributed by atoms with Crippen LogP contribution >= 0.6 is 0 Å². The van der Waals surface area contributed by atoms with E-state index in [1.807, 2.05) is 40.1 Å². The first-order valence-electron chi connectivity index (χ1n) is 8.79. The fraction of sp³-hybridized carbons (Fsp3) is 0.579. The lowest BCUT2D eigenvalue weighted by atomic mass is 10.0. The van der Waals surface area contributed by atoms with E-state index in [0.717, 1.165) is 37.9 Å². The van der Waals surface area contributed by atoms with Gasteiger partial charge in [-0.25, -0.2) is 0 Å². The molecular weight excluding hydrogens is 304 g/mol. The smallest absolute Gasteiger partial charge is 0.319 e. The van der Waals surface area contributed by atoms with E-state index in [9.17, 15) is 9.59 Å². The molecule has 1 atom stereocenters. The summed E-state index contributed by atoms with van der Waals surface area (Å²) in [5.41, 5.74) is 1.12. The van der Waals surface area contributed by atoms with Gasteiger partial charge in [0.2, 0.25) is 5.91 Å². The van der Waals surface area contributed by atoms with Crippen LogP contribution in [-0.4, -0.2) is 55.0 Å². The lowest BCUT2D eigenvalue weighted by Gasteiger charge is -2.33. The van der Waals surface area contributed by atoms with Crippen molar-refractivity contribution in [3.8, 4) is 0 Å². The summed E-state index contributed by atoms with van der Waals surface area (Å²) in [7, 11) is 1.39. The molecule has 1 aliphatic heterocycles. The summed E-state index contributed by atoms with van der Waals surface area (Å²) < 4.78 is 4.83. The molecule has 0 aliphatic carbocycles. The lowest BCUT2D eigenvalue weighted by molar-refractivity contribution is -0.144. The average molecular weight is 332 g/mol. The van der Waals surface area contributed by atoms with E-state index < -0.39 is 0 Å². The van der Waals surface area contributed by atoms with Crippen LogP contribution in [0.1, 0.15) is 44.2 Å².